The Morgan fingerprint density at radius 1 is 1.26 bits per heavy atom. The van der Waals surface area contributed by atoms with E-state index < -0.39 is 28.7 Å². The Bertz CT molecular complexity index is 1160. The van der Waals surface area contributed by atoms with Gasteiger partial charge in [-0.15, -0.1) is 24.9 Å². The molecule has 7 atom stereocenters. The molecule has 0 saturated carbocycles. The Morgan fingerprint density at radius 3 is 2.56 bits per heavy atom. The van der Waals surface area contributed by atoms with Crippen molar-refractivity contribution in [2.45, 2.75) is 67.4 Å². The minimum atomic E-state index is -0.816. The summed E-state index contributed by atoms with van der Waals surface area (Å²) in [5.74, 6) is -1.65. The number of aliphatic hydroxyl groups is 1. The number of nitrogens with zero attached hydrogens (tertiary/aromatic N) is 3. The first kappa shape index (κ1) is 29.9. The van der Waals surface area contributed by atoms with Crippen molar-refractivity contribution in [3.8, 4) is 0 Å². The van der Waals surface area contributed by atoms with Crippen molar-refractivity contribution in [3.63, 3.8) is 0 Å². The fourth-order valence-electron chi connectivity index (χ4n) is 6.71. The second-order valence-corrected chi connectivity index (χ2v) is 13.8. The van der Waals surface area contributed by atoms with Crippen LogP contribution in [0.1, 0.15) is 37.8 Å². The highest BCUT2D eigenvalue weighted by molar-refractivity contribution is 9.09. The quantitative estimate of drug-likeness (QED) is 0.299. The SMILES string of the molecule is C=CCN(CCC)C(=O)[C@H]1[C@@H]2SC3(CC2Br)C(C(=O)N(CC=C)c2cc(C)ccc2C)N([C@H](C)CO)C(=O)[C@H]13. The van der Waals surface area contributed by atoms with Crippen LogP contribution < -0.4 is 4.90 Å². The zero-order chi connectivity index (χ0) is 28.6. The van der Waals surface area contributed by atoms with Gasteiger partial charge in [-0.1, -0.05) is 47.1 Å². The van der Waals surface area contributed by atoms with Crippen LogP contribution in [0, 0.1) is 25.7 Å². The van der Waals surface area contributed by atoms with Crippen LogP contribution in [0.5, 0.6) is 0 Å². The molecular weight excluding hydrogens is 578 g/mol. The van der Waals surface area contributed by atoms with Crippen LogP contribution >= 0.6 is 27.7 Å². The first-order valence-electron chi connectivity index (χ1n) is 13.7. The lowest BCUT2D eigenvalue weighted by atomic mass is 9.70. The molecule has 1 spiro atoms. The fourth-order valence-corrected chi connectivity index (χ4v) is 10.3. The largest absolute Gasteiger partial charge is 0.394 e. The number of halogens is 1. The van der Waals surface area contributed by atoms with E-state index in [1.807, 2.05) is 39.0 Å². The third-order valence-corrected chi connectivity index (χ3v) is 11.6. The molecule has 0 radical (unpaired) electrons. The summed E-state index contributed by atoms with van der Waals surface area (Å²) in [5.41, 5.74) is 2.76. The molecular formula is C30H40BrN3O4S. The van der Waals surface area contributed by atoms with E-state index in [0.717, 1.165) is 23.2 Å². The van der Waals surface area contributed by atoms with Gasteiger partial charge in [-0.05, 0) is 50.8 Å². The van der Waals surface area contributed by atoms with Crippen LogP contribution in [0.2, 0.25) is 0 Å². The summed E-state index contributed by atoms with van der Waals surface area (Å²) >= 11 is 5.45. The first-order valence-corrected chi connectivity index (χ1v) is 15.5. The second-order valence-electron chi connectivity index (χ2n) is 11.0. The van der Waals surface area contributed by atoms with Crippen molar-refractivity contribution in [1.82, 2.24) is 9.80 Å². The Kier molecular flexibility index (Phi) is 9.03. The number of rotatable bonds is 11. The van der Waals surface area contributed by atoms with E-state index in [1.54, 1.807) is 45.5 Å². The van der Waals surface area contributed by atoms with E-state index in [4.69, 9.17) is 0 Å². The van der Waals surface area contributed by atoms with E-state index in [-0.39, 0.29) is 41.0 Å². The number of hydrogen-bond acceptors (Lipinski definition) is 5. The lowest BCUT2D eigenvalue weighted by Gasteiger charge is -2.39. The van der Waals surface area contributed by atoms with Gasteiger partial charge in [-0.3, -0.25) is 14.4 Å². The van der Waals surface area contributed by atoms with Gasteiger partial charge in [-0.25, -0.2) is 0 Å². The molecule has 212 valence electrons. The second kappa shape index (κ2) is 11.8. The van der Waals surface area contributed by atoms with Crippen molar-refractivity contribution in [1.29, 1.82) is 0 Å². The zero-order valence-electron chi connectivity index (χ0n) is 23.3. The molecule has 3 aliphatic rings. The summed E-state index contributed by atoms with van der Waals surface area (Å²) < 4.78 is -0.778. The highest BCUT2D eigenvalue weighted by atomic mass is 79.9. The molecule has 7 nitrogen and oxygen atoms in total. The number of likely N-dealkylation sites (tertiary alicyclic amines) is 1. The molecule has 3 aliphatic heterocycles. The minimum Gasteiger partial charge on any atom is -0.394 e. The lowest BCUT2D eigenvalue weighted by molar-refractivity contribution is -0.145. The molecule has 4 rings (SSSR count). The molecule has 9 heteroatoms. The van der Waals surface area contributed by atoms with Gasteiger partial charge in [0.1, 0.15) is 6.04 Å². The van der Waals surface area contributed by atoms with E-state index >= 15 is 0 Å². The molecule has 3 unspecified atom stereocenters. The number of carbonyl (C=O) groups excluding carboxylic acids is 3. The summed E-state index contributed by atoms with van der Waals surface area (Å²) in [7, 11) is 0. The normalized spacial score (nSPS) is 29.7. The van der Waals surface area contributed by atoms with Gasteiger partial charge in [0.05, 0.1) is 29.2 Å². The molecule has 3 amide bonds. The van der Waals surface area contributed by atoms with Crippen LogP contribution in [0.3, 0.4) is 0 Å². The molecule has 1 aromatic rings. The number of benzene rings is 1. The highest BCUT2D eigenvalue weighted by Crippen LogP contribution is 2.68. The molecule has 1 aromatic carbocycles. The average Bonchev–Trinajstić information content (AvgIpc) is 3.50. The summed E-state index contributed by atoms with van der Waals surface area (Å²) in [5, 5.41) is 10.1. The van der Waals surface area contributed by atoms with Crippen molar-refractivity contribution in [2.24, 2.45) is 11.8 Å². The van der Waals surface area contributed by atoms with Gasteiger partial charge in [0.25, 0.3) is 5.91 Å². The number of aryl methyl sites for hydroxylation is 2. The van der Waals surface area contributed by atoms with E-state index in [0.29, 0.717) is 19.5 Å². The summed E-state index contributed by atoms with van der Waals surface area (Å²) in [4.78, 5) is 48.1. The molecule has 0 aromatic heterocycles. The Morgan fingerprint density at radius 2 is 1.95 bits per heavy atom. The van der Waals surface area contributed by atoms with Gasteiger partial charge >= 0.3 is 0 Å². The smallest absolute Gasteiger partial charge is 0.251 e. The minimum absolute atomic E-state index is 0.0130. The average molecular weight is 619 g/mol. The van der Waals surface area contributed by atoms with Gasteiger partial charge in [-0.2, -0.15) is 0 Å². The first-order chi connectivity index (χ1) is 18.6. The summed E-state index contributed by atoms with van der Waals surface area (Å²) in [6.45, 7) is 16.5. The van der Waals surface area contributed by atoms with Crippen LogP contribution in [0.15, 0.2) is 43.5 Å². The number of aliphatic hydroxyl groups excluding tert-OH is 1. The number of carbonyl (C=O) groups is 3. The Balaban J connectivity index is 1.83. The van der Waals surface area contributed by atoms with E-state index in [9.17, 15) is 19.5 Å². The van der Waals surface area contributed by atoms with Crippen molar-refractivity contribution in [2.75, 3.05) is 31.1 Å². The summed E-state index contributed by atoms with van der Waals surface area (Å²) in [6, 6.07) is 4.60. The number of anilines is 1. The predicted octanol–water partition coefficient (Wildman–Crippen LogP) is 4.09. The Hall–Kier alpha value is -2.10. The molecule has 3 heterocycles. The maximum Gasteiger partial charge on any atom is 0.251 e. The number of hydrogen-bond donors (Lipinski definition) is 1. The van der Waals surface area contributed by atoms with Gasteiger partial charge in [0.2, 0.25) is 11.8 Å². The summed E-state index contributed by atoms with van der Waals surface area (Å²) in [6.07, 6.45) is 4.81. The molecule has 2 bridgehead atoms. The van der Waals surface area contributed by atoms with Crippen LogP contribution in [0.4, 0.5) is 5.69 Å². The predicted molar refractivity (Wildman–Crippen MR) is 161 cm³/mol. The van der Waals surface area contributed by atoms with Crippen molar-refractivity contribution < 1.29 is 19.5 Å². The maximum absolute atomic E-state index is 14.7. The Labute approximate surface area is 244 Å². The van der Waals surface area contributed by atoms with Crippen LogP contribution in [-0.4, -0.2) is 85.8 Å². The monoisotopic (exact) mass is 617 g/mol. The lowest BCUT2D eigenvalue weighted by Crippen LogP contribution is -2.57. The van der Waals surface area contributed by atoms with E-state index in [1.165, 1.54) is 0 Å². The number of alkyl halides is 1. The molecule has 0 aliphatic carbocycles. The van der Waals surface area contributed by atoms with E-state index in [2.05, 4.69) is 29.1 Å². The number of thioether (sulfide) groups is 1. The molecule has 3 fully saturated rings. The van der Waals surface area contributed by atoms with Gasteiger partial charge in [0.15, 0.2) is 0 Å². The third kappa shape index (κ3) is 4.88. The fraction of sp³-hybridized carbons (Fsp3) is 0.567. The highest BCUT2D eigenvalue weighted by Gasteiger charge is 2.76. The molecule has 3 saturated heterocycles. The van der Waals surface area contributed by atoms with Gasteiger partial charge < -0.3 is 19.8 Å². The van der Waals surface area contributed by atoms with Gasteiger partial charge in [0, 0.05) is 35.4 Å². The molecule has 1 N–H and O–H groups in total. The van der Waals surface area contributed by atoms with Crippen molar-refractivity contribution >= 4 is 51.1 Å². The molecule has 39 heavy (non-hydrogen) atoms. The number of fused-ring (bicyclic) bond motifs is 1. The van der Waals surface area contributed by atoms with Crippen LogP contribution in [0.25, 0.3) is 0 Å². The zero-order valence-corrected chi connectivity index (χ0v) is 25.7. The topological polar surface area (TPSA) is 81.2 Å². The van der Waals surface area contributed by atoms with Crippen molar-refractivity contribution in [3.05, 3.63) is 54.6 Å². The third-order valence-electron chi connectivity index (χ3n) is 8.37. The standard InChI is InChI=1S/C30H40BrN3O4S/c1-7-12-32(13-8-2)27(36)23-24-28(37)34(20(6)17-35)26(30(24)16-21(31)25(23)39-30)29(38)33(14-9-3)22-15-18(4)10-11-19(22)5/h7,9-11,15,20-21,23-26,35H,1,3,8,12-14,16-17H2,2,4-6H3/t20-,21?,23-,24+,25-,26?,30?/m1/s1. The maximum atomic E-state index is 14.7. The number of amides is 3. The van der Waals surface area contributed by atoms with Crippen LogP contribution in [-0.2, 0) is 14.4 Å².